The number of rotatable bonds is 4. The van der Waals surface area contributed by atoms with Crippen LogP contribution in [0.1, 0.15) is 6.42 Å². The minimum Gasteiger partial charge on any atom is -0.315 e. The van der Waals surface area contributed by atoms with Crippen molar-refractivity contribution in [2.24, 2.45) is 0 Å². The summed E-state index contributed by atoms with van der Waals surface area (Å²) in [6.07, 6.45) is 1.29. The maximum Gasteiger partial charge on any atom is 0.0205 e. The van der Waals surface area contributed by atoms with E-state index in [9.17, 15) is 0 Å². The molecule has 1 unspecified atom stereocenters. The highest BCUT2D eigenvalue weighted by atomic mass is 15.2. The van der Waals surface area contributed by atoms with Crippen LogP contribution in [-0.4, -0.2) is 75.2 Å². The van der Waals surface area contributed by atoms with Crippen LogP contribution in [0.3, 0.4) is 0 Å². The van der Waals surface area contributed by atoms with Crippen molar-refractivity contribution in [1.29, 1.82) is 0 Å². The molecule has 0 saturated carbocycles. The van der Waals surface area contributed by atoms with Crippen molar-refractivity contribution >= 4 is 0 Å². The highest BCUT2D eigenvalue weighted by molar-refractivity contribution is 4.78. The molecule has 88 valence electrons. The van der Waals surface area contributed by atoms with Gasteiger partial charge in [0.1, 0.15) is 0 Å². The molecular weight excluding hydrogens is 188 g/mol. The number of nitrogens with one attached hydrogen (secondary N) is 2. The first-order valence-electron chi connectivity index (χ1n) is 6.19. The maximum atomic E-state index is 3.62. The number of piperazine rings is 1. The van der Waals surface area contributed by atoms with Gasteiger partial charge in [0.05, 0.1) is 0 Å². The quantitative estimate of drug-likeness (QED) is 0.638. The van der Waals surface area contributed by atoms with E-state index < -0.39 is 0 Å². The Morgan fingerprint density at radius 2 is 2.07 bits per heavy atom. The average Bonchev–Trinajstić information content (AvgIpc) is 2.74. The van der Waals surface area contributed by atoms with Crippen LogP contribution in [0.2, 0.25) is 0 Å². The lowest BCUT2D eigenvalue weighted by Gasteiger charge is -2.32. The second kappa shape index (κ2) is 5.80. The van der Waals surface area contributed by atoms with Gasteiger partial charge >= 0.3 is 0 Å². The van der Waals surface area contributed by atoms with Crippen LogP contribution in [0, 0.1) is 0 Å². The second-order valence-electron chi connectivity index (χ2n) is 4.79. The molecule has 2 saturated heterocycles. The molecule has 4 heteroatoms. The molecule has 2 fully saturated rings. The molecule has 0 radical (unpaired) electrons. The smallest absolute Gasteiger partial charge is 0.0205 e. The van der Waals surface area contributed by atoms with Crippen LogP contribution in [-0.2, 0) is 0 Å². The van der Waals surface area contributed by atoms with E-state index in [1.807, 2.05) is 0 Å². The van der Waals surface area contributed by atoms with Gasteiger partial charge in [-0.1, -0.05) is 0 Å². The van der Waals surface area contributed by atoms with Gasteiger partial charge in [-0.05, 0) is 20.0 Å². The van der Waals surface area contributed by atoms with Crippen molar-refractivity contribution in [2.45, 2.75) is 12.5 Å². The van der Waals surface area contributed by atoms with Crippen molar-refractivity contribution < 1.29 is 0 Å². The lowest BCUT2D eigenvalue weighted by Crippen LogP contribution is -2.47. The van der Waals surface area contributed by atoms with Gasteiger partial charge in [-0.25, -0.2) is 0 Å². The lowest BCUT2D eigenvalue weighted by atomic mass is 10.2. The Hall–Kier alpha value is -0.160. The molecule has 0 spiro atoms. The Morgan fingerprint density at radius 3 is 2.73 bits per heavy atom. The summed E-state index contributed by atoms with van der Waals surface area (Å²) in [7, 11) is 2.21. The Labute approximate surface area is 93.0 Å². The third-order valence-corrected chi connectivity index (χ3v) is 3.52. The molecular formula is C11H24N4. The summed E-state index contributed by atoms with van der Waals surface area (Å²) in [5, 5.41) is 7.01. The predicted molar refractivity (Wildman–Crippen MR) is 63.2 cm³/mol. The normalized spacial score (nSPS) is 29.8. The average molecular weight is 212 g/mol. The monoisotopic (exact) mass is 212 g/mol. The van der Waals surface area contributed by atoms with Crippen LogP contribution in [0.4, 0.5) is 0 Å². The first-order chi connectivity index (χ1) is 7.34. The first-order valence-corrected chi connectivity index (χ1v) is 6.19. The van der Waals surface area contributed by atoms with Gasteiger partial charge in [0.15, 0.2) is 0 Å². The number of likely N-dealkylation sites (N-methyl/N-ethyl adjacent to an activating group) is 1. The van der Waals surface area contributed by atoms with Gasteiger partial charge in [-0.15, -0.1) is 0 Å². The molecule has 2 aliphatic rings. The minimum atomic E-state index is 0.720. The largest absolute Gasteiger partial charge is 0.315 e. The third kappa shape index (κ3) is 3.72. The zero-order valence-corrected chi connectivity index (χ0v) is 9.84. The third-order valence-electron chi connectivity index (χ3n) is 3.52. The highest BCUT2D eigenvalue weighted by Crippen LogP contribution is 1.99. The van der Waals surface area contributed by atoms with Crippen molar-refractivity contribution in [1.82, 2.24) is 20.4 Å². The van der Waals surface area contributed by atoms with E-state index in [0.717, 1.165) is 19.1 Å². The summed E-state index contributed by atoms with van der Waals surface area (Å²) in [4.78, 5) is 4.97. The van der Waals surface area contributed by atoms with Crippen LogP contribution in [0.5, 0.6) is 0 Å². The van der Waals surface area contributed by atoms with E-state index in [1.54, 1.807) is 0 Å². The fourth-order valence-electron chi connectivity index (χ4n) is 2.33. The summed E-state index contributed by atoms with van der Waals surface area (Å²) in [5.74, 6) is 0. The van der Waals surface area contributed by atoms with E-state index in [0.29, 0.717) is 0 Å². The molecule has 0 amide bonds. The van der Waals surface area contributed by atoms with Crippen LogP contribution >= 0.6 is 0 Å². The van der Waals surface area contributed by atoms with Gasteiger partial charge in [0.2, 0.25) is 0 Å². The summed E-state index contributed by atoms with van der Waals surface area (Å²) in [5.41, 5.74) is 0. The summed E-state index contributed by atoms with van der Waals surface area (Å²) < 4.78 is 0. The zero-order valence-electron chi connectivity index (χ0n) is 9.84. The van der Waals surface area contributed by atoms with Crippen molar-refractivity contribution in [3.8, 4) is 0 Å². The number of nitrogens with zero attached hydrogens (tertiary/aromatic N) is 2. The molecule has 0 aromatic rings. The molecule has 0 bridgehead atoms. The van der Waals surface area contributed by atoms with Gasteiger partial charge in [0, 0.05) is 51.9 Å². The molecule has 0 aromatic carbocycles. The topological polar surface area (TPSA) is 30.5 Å². The predicted octanol–water partition coefficient (Wildman–Crippen LogP) is -0.815. The van der Waals surface area contributed by atoms with Gasteiger partial charge < -0.3 is 15.5 Å². The summed E-state index contributed by atoms with van der Waals surface area (Å²) in [6.45, 7) is 9.63. The van der Waals surface area contributed by atoms with Crippen molar-refractivity contribution in [2.75, 3.05) is 59.4 Å². The van der Waals surface area contributed by atoms with E-state index in [4.69, 9.17) is 0 Å². The molecule has 0 aliphatic carbocycles. The molecule has 1 atom stereocenters. The van der Waals surface area contributed by atoms with Gasteiger partial charge in [-0.3, -0.25) is 4.90 Å². The Morgan fingerprint density at radius 1 is 1.27 bits per heavy atom. The molecule has 2 heterocycles. The molecule has 2 rings (SSSR count). The van der Waals surface area contributed by atoms with E-state index in [1.165, 1.54) is 45.7 Å². The van der Waals surface area contributed by atoms with Crippen LogP contribution in [0.25, 0.3) is 0 Å². The zero-order chi connectivity index (χ0) is 10.5. The second-order valence-corrected chi connectivity index (χ2v) is 4.79. The maximum absolute atomic E-state index is 3.62. The van der Waals surface area contributed by atoms with Gasteiger partial charge in [-0.2, -0.15) is 0 Å². The van der Waals surface area contributed by atoms with Crippen molar-refractivity contribution in [3.05, 3.63) is 0 Å². The van der Waals surface area contributed by atoms with E-state index in [-0.39, 0.29) is 0 Å². The molecule has 2 N–H and O–H groups in total. The van der Waals surface area contributed by atoms with Crippen LogP contribution < -0.4 is 10.6 Å². The highest BCUT2D eigenvalue weighted by Gasteiger charge is 2.15. The molecule has 2 aliphatic heterocycles. The first kappa shape index (κ1) is 11.3. The van der Waals surface area contributed by atoms with Crippen molar-refractivity contribution in [3.63, 3.8) is 0 Å². The van der Waals surface area contributed by atoms with Crippen LogP contribution in [0.15, 0.2) is 0 Å². The molecule has 4 nitrogen and oxygen atoms in total. The molecule has 15 heavy (non-hydrogen) atoms. The Kier molecular flexibility index (Phi) is 4.38. The standard InChI is InChI=1S/C11H24N4/c1-14-6-8-15(9-7-14)5-4-13-11-2-3-12-10-11/h11-13H,2-10H2,1H3. The lowest BCUT2D eigenvalue weighted by molar-refractivity contribution is 0.154. The summed E-state index contributed by atoms with van der Waals surface area (Å²) in [6, 6.07) is 0.720. The van der Waals surface area contributed by atoms with Gasteiger partial charge in [0.25, 0.3) is 0 Å². The number of hydrogen-bond donors (Lipinski definition) is 2. The molecule has 0 aromatic heterocycles. The number of hydrogen-bond acceptors (Lipinski definition) is 4. The Balaban J connectivity index is 1.53. The fraction of sp³-hybridized carbons (Fsp3) is 1.00. The Bertz CT molecular complexity index is 171. The summed E-state index contributed by atoms with van der Waals surface area (Å²) >= 11 is 0. The SMILES string of the molecule is CN1CCN(CCNC2CCNC2)CC1. The fourth-order valence-corrected chi connectivity index (χ4v) is 2.33. The minimum absolute atomic E-state index is 0.720. The van der Waals surface area contributed by atoms with E-state index >= 15 is 0 Å². The van der Waals surface area contributed by atoms with E-state index in [2.05, 4.69) is 27.5 Å².